The van der Waals surface area contributed by atoms with Gasteiger partial charge in [-0.15, -0.1) is 0 Å². The fraction of sp³-hybridized carbons (Fsp3) is 0.784. The molecule has 27 aliphatic rings. The van der Waals surface area contributed by atoms with Gasteiger partial charge in [0.25, 0.3) is 0 Å². The van der Waals surface area contributed by atoms with Crippen molar-refractivity contribution < 1.29 is 91.3 Å². The molecule has 134 heavy (non-hydrogen) atoms. The molecule has 0 amide bonds. The molecule has 23 heteroatoms. The number of carbonyl (C=O) groups excluding carboxylic acids is 1. The molecule has 20 saturated carbocycles. The normalized spacial score (nSPS) is 43.4. The molecule has 8 heterocycles. The van der Waals surface area contributed by atoms with Crippen molar-refractivity contribution in [2.45, 2.75) is 335 Å². The molecule has 27 fully saturated rings. The molecule has 0 N–H and O–H groups in total. The first-order valence-corrected chi connectivity index (χ1v) is 54.3. The van der Waals surface area contributed by atoms with Gasteiger partial charge in [0.1, 0.15) is 37.1 Å². The van der Waals surface area contributed by atoms with Crippen molar-refractivity contribution in [3.05, 3.63) is 118 Å². The second kappa shape index (κ2) is 38.1. The standard InChI is InChI=1S/2C29H41NO5.C27H38N2O5.C26H34O4/c1-20-13-23(4-5-27(20)32-12-9-30-7-10-31-11-8-30)24-3-2-6-28(19-24)33-29(35-34-28)25-15-21-14-22(17-25)18-26(29)16-21;1-20-13-26(32-12-9-30-7-10-31-11-8-30)4-5-27(20)23-3-2-6-28(19-23)33-29(35-34-28)24-15-21-14-22(17-24)18-25(29)16-21;1-2-21(22-3-4-25(28-18-22)31-11-8-29-6-9-30-10-7-29)17-26(5-1)32-27(34-33-26)23-13-19-12-20(15-23)16-24(27)14-19;1-17(27)4-5-18-6-8-21(9-7-18)22-3-2-10-25(16-22)28-26(30-29-25)23-12-19-11-20(14-23)15-24(26)13-19/h4-5,13,21-22,24-26H,2-3,6-12,14-19H2,1H3;4-5,13,21-25H,2-3,6-12,14-19H2,1H3;3-4,18-21,23-24H,1-2,5-17H2;6-9,19-20,22-24H,2-5,10-16H2,1H3/t21?,22?,24-,25?,26?,28-,29?;21?,22?,23-,24?,25?,28-,29?;19?,20?,21-,23?,24?,26-,27?;19?,20?,22-,23?,24?,25-,26?/m1111/s1. The van der Waals surface area contributed by atoms with Gasteiger partial charge in [0.15, 0.2) is 0 Å². The van der Waals surface area contributed by atoms with E-state index in [9.17, 15) is 4.79 Å². The summed E-state index contributed by atoms with van der Waals surface area (Å²) in [4.78, 5) is 72.8. The largest absolute Gasteiger partial charge is 0.492 e. The number of aryl methyl sites for hydroxylation is 3. The topological polar surface area (TPSA) is 206 Å². The van der Waals surface area contributed by atoms with Gasteiger partial charge in [-0.25, -0.2) is 4.98 Å². The Hall–Kier alpha value is -4.84. The van der Waals surface area contributed by atoms with Crippen molar-refractivity contribution in [3.8, 4) is 17.4 Å². The van der Waals surface area contributed by atoms with Gasteiger partial charge in [-0.1, -0.05) is 48.5 Å². The molecule has 7 aliphatic heterocycles. The van der Waals surface area contributed by atoms with E-state index < -0.39 is 46.3 Å². The van der Waals surface area contributed by atoms with Gasteiger partial charge in [0.2, 0.25) is 52.2 Å². The number of morpholine rings is 3. The smallest absolute Gasteiger partial charge is 0.213 e. The molecule has 16 bridgehead atoms. The Labute approximate surface area is 795 Å². The molecule has 1 aromatic heterocycles. The second-order valence-corrected chi connectivity index (χ2v) is 47.3. The van der Waals surface area contributed by atoms with Crippen LogP contribution >= 0.6 is 0 Å². The summed E-state index contributed by atoms with van der Waals surface area (Å²) in [5, 5.41) is 0. The number of Topliss-reactive ketones (excluding diaryl/α,β-unsaturated/α-hetero) is 1. The number of benzene rings is 3. The van der Waals surface area contributed by atoms with Crippen LogP contribution in [-0.2, 0) is 83.5 Å². The molecular weight excluding hydrogens is 1690 g/mol. The third-order valence-corrected chi connectivity index (χ3v) is 38.6. The summed E-state index contributed by atoms with van der Waals surface area (Å²) >= 11 is 0. The molecule has 23 nitrogen and oxygen atoms in total. The molecule has 0 unspecified atom stereocenters. The maximum Gasteiger partial charge on any atom is 0.213 e. The molecule has 4 aromatic rings. The van der Waals surface area contributed by atoms with Gasteiger partial charge >= 0.3 is 0 Å². The molecular formula is C111H154N4O19. The summed E-state index contributed by atoms with van der Waals surface area (Å²) in [6.07, 6.45) is 45.7. The summed E-state index contributed by atoms with van der Waals surface area (Å²) in [6.45, 7) is 21.9. The van der Waals surface area contributed by atoms with E-state index in [-0.39, 0.29) is 5.78 Å². The fourth-order valence-corrected chi connectivity index (χ4v) is 32.6. The number of ether oxygens (including phenoxy) is 10. The minimum Gasteiger partial charge on any atom is -0.492 e. The van der Waals surface area contributed by atoms with Crippen molar-refractivity contribution in [1.82, 2.24) is 19.7 Å². The van der Waals surface area contributed by atoms with Crippen LogP contribution in [0.5, 0.6) is 17.4 Å². The highest BCUT2D eigenvalue weighted by atomic mass is 17.3. The first-order chi connectivity index (χ1) is 65.4. The first-order valence-electron chi connectivity index (χ1n) is 54.3. The zero-order valence-electron chi connectivity index (χ0n) is 80.7. The molecule has 31 rings (SSSR count). The van der Waals surface area contributed by atoms with Crippen molar-refractivity contribution in [1.29, 1.82) is 0 Å². The van der Waals surface area contributed by atoms with E-state index in [0.717, 1.165) is 260 Å². The zero-order valence-corrected chi connectivity index (χ0v) is 80.7. The Bertz CT molecular complexity index is 4600. The summed E-state index contributed by atoms with van der Waals surface area (Å²) in [5.74, 6) is 11.7. The van der Waals surface area contributed by atoms with E-state index in [0.29, 0.717) is 89.9 Å². The lowest BCUT2D eigenvalue weighted by Gasteiger charge is -2.57. The van der Waals surface area contributed by atoms with Gasteiger partial charge in [0.05, 0.1) is 39.6 Å². The Morgan fingerprint density at radius 3 is 1.09 bits per heavy atom. The number of aromatic nitrogens is 1. The third-order valence-electron chi connectivity index (χ3n) is 38.6. The lowest BCUT2D eigenvalue weighted by molar-refractivity contribution is -0.390. The van der Waals surface area contributed by atoms with E-state index in [1.165, 1.54) is 187 Å². The van der Waals surface area contributed by atoms with Gasteiger partial charge in [-0.2, -0.15) is 39.1 Å². The summed E-state index contributed by atoms with van der Waals surface area (Å²) in [7, 11) is 0. The van der Waals surface area contributed by atoms with Crippen molar-refractivity contribution in [2.75, 3.05) is 118 Å². The fourth-order valence-electron chi connectivity index (χ4n) is 32.6. The molecule has 20 aliphatic carbocycles. The number of rotatable bonds is 19. The van der Waals surface area contributed by atoms with E-state index in [1.54, 1.807) is 6.92 Å². The lowest BCUT2D eigenvalue weighted by atomic mass is 9.53. The predicted octanol–water partition coefficient (Wildman–Crippen LogP) is 20.4. The highest BCUT2D eigenvalue weighted by molar-refractivity contribution is 5.75. The van der Waals surface area contributed by atoms with Gasteiger partial charge in [-0.3, -0.25) is 14.7 Å². The second-order valence-electron chi connectivity index (χ2n) is 47.3. The Morgan fingerprint density at radius 2 is 0.716 bits per heavy atom. The number of hydrogen-bond acceptors (Lipinski definition) is 23. The Kier molecular flexibility index (Phi) is 26.1. The highest BCUT2D eigenvalue weighted by Crippen LogP contribution is 2.70. The number of carbonyl (C=O) groups is 1. The molecule has 8 atom stereocenters. The van der Waals surface area contributed by atoms with Crippen LogP contribution in [0.1, 0.15) is 307 Å². The summed E-state index contributed by atoms with van der Waals surface area (Å²) in [5.41, 5.74) is 9.15. The molecule has 0 radical (unpaired) electrons. The van der Waals surface area contributed by atoms with E-state index in [1.807, 2.05) is 12.3 Å². The van der Waals surface area contributed by atoms with Crippen LogP contribution in [0, 0.1) is 109 Å². The maximum absolute atomic E-state index is 11.3. The van der Waals surface area contributed by atoms with Crippen molar-refractivity contribution >= 4 is 5.78 Å². The molecule has 3 aromatic carbocycles. The molecule has 8 spiro atoms. The number of pyridine rings is 1. The third kappa shape index (κ3) is 18.3. The Balaban J connectivity index is 0.0000000983. The Morgan fingerprint density at radius 1 is 0.366 bits per heavy atom. The first kappa shape index (κ1) is 91.6. The minimum absolute atomic E-state index is 0.252. The van der Waals surface area contributed by atoms with Crippen molar-refractivity contribution in [2.24, 2.45) is 94.7 Å². The average Bonchev–Trinajstić information content (AvgIpc) is 1.45. The van der Waals surface area contributed by atoms with Crippen LogP contribution in [0.4, 0.5) is 0 Å². The van der Waals surface area contributed by atoms with Gasteiger partial charge < -0.3 is 52.2 Å². The number of ketones is 1. The van der Waals surface area contributed by atoms with Crippen LogP contribution in [-0.4, -0.2) is 190 Å². The van der Waals surface area contributed by atoms with Crippen LogP contribution in [0.25, 0.3) is 0 Å². The molecule has 7 saturated heterocycles. The number of nitrogens with zero attached hydrogens (tertiary/aromatic N) is 4. The van der Waals surface area contributed by atoms with Crippen LogP contribution in [0.3, 0.4) is 0 Å². The van der Waals surface area contributed by atoms with Crippen LogP contribution < -0.4 is 14.2 Å². The highest BCUT2D eigenvalue weighted by Gasteiger charge is 2.72. The predicted molar refractivity (Wildman–Crippen MR) is 498 cm³/mol. The van der Waals surface area contributed by atoms with Gasteiger partial charge in [0, 0.05) is 176 Å². The quantitative estimate of drug-likeness (QED) is 0.0800. The number of hydrogen-bond donors (Lipinski definition) is 0. The maximum atomic E-state index is 11.3. The van der Waals surface area contributed by atoms with Crippen LogP contribution in [0.15, 0.2) is 79.0 Å². The SMILES string of the molecule is CC(=O)CCc1ccc([C@@H]2CCC[C@]3(C2)OOC2(O3)C3CC4CC(C3)CC2C4)cc1.Cc1cc(OCCN2CCOCC2)ccc1[C@@H]1CCC[C@]2(C1)OOC1(O2)C2CC3CC(C2)CC1C3.Cc1cc([C@@H]2CCC[C@]3(C2)OOC2(O3)C3CC4CC(C3)CC2C4)ccc1OCCN1CCOCC1.c1cc(OCCN2CCOCC2)ncc1[C@@H]1CCC[C@]2(C1)OOC1(O2)C2CC3CC(C2)CC1C3. The summed E-state index contributed by atoms with van der Waals surface area (Å²) in [6, 6.07) is 26.4. The lowest BCUT2D eigenvalue weighted by Crippen LogP contribution is -2.59. The van der Waals surface area contributed by atoms with Crippen LogP contribution in [0.2, 0.25) is 0 Å². The minimum atomic E-state index is -0.592. The van der Waals surface area contributed by atoms with Crippen molar-refractivity contribution in [3.63, 3.8) is 0 Å². The average molecular weight is 1850 g/mol. The van der Waals surface area contributed by atoms with E-state index >= 15 is 0 Å². The van der Waals surface area contributed by atoms with Gasteiger partial charge in [-0.05, 0) is 335 Å². The monoisotopic (exact) mass is 1850 g/mol. The van der Waals surface area contributed by atoms with E-state index in [4.69, 9.17) is 86.5 Å². The zero-order chi connectivity index (χ0) is 89.9. The molecule has 732 valence electrons. The summed E-state index contributed by atoms with van der Waals surface area (Å²) < 4.78 is 62.3. The van der Waals surface area contributed by atoms with E-state index in [2.05, 4.69) is 100 Å².